The molecule has 1 unspecified atom stereocenters. The fourth-order valence-electron chi connectivity index (χ4n) is 3.35. The van der Waals surface area contributed by atoms with E-state index in [-0.39, 0.29) is 22.7 Å². The van der Waals surface area contributed by atoms with Gasteiger partial charge < -0.3 is 10.6 Å². The summed E-state index contributed by atoms with van der Waals surface area (Å²) in [5.41, 5.74) is 3.24. The van der Waals surface area contributed by atoms with Crippen LogP contribution in [0.2, 0.25) is 0 Å². The van der Waals surface area contributed by atoms with Gasteiger partial charge >= 0.3 is 12.4 Å². The van der Waals surface area contributed by atoms with E-state index in [1.54, 1.807) is 0 Å². The molecule has 0 saturated carbocycles. The van der Waals surface area contributed by atoms with Crippen LogP contribution in [-0.4, -0.2) is 24.9 Å². The predicted octanol–water partition coefficient (Wildman–Crippen LogP) is 6.88. The minimum Gasteiger partial charge on any atom is -0.397 e. The summed E-state index contributed by atoms with van der Waals surface area (Å²) in [5, 5.41) is 0. The third-order valence-electron chi connectivity index (χ3n) is 5.27. The smallest absolute Gasteiger partial charge is 0.397 e. The van der Waals surface area contributed by atoms with Crippen LogP contribution in [0.3, 0.4) is 0 Å². The lowest BCUT2D eigenvalue weighted by Gasteiger charge is -2.31. The van der Waals surface area contributed by atoms with E-state index in [1.165, 1.54) is 24.9 Å². The predicted molar refractivity (Wildman–Crippen MR) is 116 cm³/mol. The first kappa shape index (κ1) is 24.5. The third kappa shape index (κ3) is 4.36. The topological polar surface area (TPSA) is 46.3 Å². The Morgan fingerprint density at radius 2 is 1.91 bits per heavy atom. The Labute approximate surface area is 189 Å². The number of amides is 1. The summed E-state index contributed by atoms with van der Waals surface area (Å²) in [5.74, 6) is 0.0360. The van der Waals surface area contributed by atoms with Crippen LogP contribution in [0, 0.1) is 5.41 Å². The number of thioether (sulfide) groups is 1. The molecule has 0 fully saturated rings. The van der Waals surface area contributed by atoms with Crippen molar-refractivity contribution in [2.75, 3.05) is 23.4 Å². The largest absolute Gasteiger partial charge is 0.416 e. The van der Waals surface area contributed by atoms with Gasteiger partial charge in [-0.1, -0.05) is 19.1 Å². The summed E-state index contributed by atoms with van der Waals surface area (Å²) >= 11 is 2.31. The number of halogens is 6. The number of hydrogen-bond acceptors (Lipinski definition) is 4. The molecule has 2 aromatic rings. The monoisotopic (exact) mass is 494 g/mol. The van der Waals surface area contributed by atoms with E-state index in [1.807, 2.05) is 6.92 Å². The van der Waals surface area contributed by atoms with Crippen LogP contribution >= 0.6 is 23.1 Å². The van der Waals surface area contributed by atoms with Gasteiger partial charge in [-0.2, -0.15) is 26.3 Å². The average Bonchev–Trinajstić information content (AvgIpc) is 3.03. The highest BCUT2D eigenvalue weighted by atomic mass is 32.2. The fraction of sp³-hybridized carbons (Fsp3) is 0.381. The van der Waals surface area contributed by atoms with Crippen LogP contribution in [0.5, 0.6) is 0 Å². The van der Waals surface area contributed by atoms with Crippen molar-refractivity contribution < 1.29 is 31.1 Å². The summed E-state index contributed by atoms with van der Waals surface area (Å²) in [6, 6.07) is 2.68. The highest BCUT2D eigenvalue weighted by molar-refractivity contribution is 7.99. The number of rotatable bonds is 4. The molecule has 1 atom stereocenters. The van der Waals surface area contributed by atoms with Crippen molar-refractivity contribution in [1.29, 1.82) is 0 Å². The van der Waals surface area contributed by atoms with Gasteiger partial charge in [0.1, 0.15) is 4.88 Å². The molecule has 174 valence electrons. The second-order valence-corrected chi connectivity index (χ2v) is 9.97. The van der Waals surface area contributed by atoms with Gasteiger partial charge in [-0.15, -0.1) is 23.1 Å². The van der Waals surface area contributed by atoms with Gasteiger partial charge in [0.25, 0.3) is 5.91 Å². The number of thiophene rings is 1. The van der Waals surface area contributed by atoms with Gasteiger partial charge in [-0.3, -0.25) is 4.79 Å². The summed E-state index contributed by atoms with van der Waals surface area (Å²) in [6.45, 7) is 2.96. The van der Waals surface area contributed by atoms with Crippen molar-refractivity contribution in [1.82, 2.24) is 0 Å². The molecule has 0 bridgehead atoms. The Balaban J connectivity index is 2.00. The summed E-state index contributed by atoms with van der Waals surface area (Å²) in [7, 11) is 1.37. The summed E-state index contributed by atoms with van der Waals surface area (Å²) in [4.78, 5) is 15.6. The number of nitrogens with zero attached hydrogens (tertiary/aromatic N) is 1. The van der Waals surface area contributed by atoms with Gasteiger partial charge in [0, 0.05) is 22.4 Å². The average molecular weight is 495 g/mol. The van der Waals surface area contributed by atoms with Crippen molar-refractivity contribution in [3.05, 3.63) is 45.2 Å². The molecular formula is C21H20F6N2OS2. The second-order valence-electron chi connectivity index (χ2n) is 7.59. The number of fused-ring (bicyclic) bond motifs is 1. The molecule has 0 spiro atoms. The van der Waals surface area contributed by atoms with E-state index in [0.29, 0.717) is 21.1 Å². The van der Waals surface area contributed by atoms with Crippen molar-refractivity contribution >= 4 is 46.5 Å². The van der Waals surface area contributed by atoms with Gasteiger partial charge in [0.15, 0.2) is 0 Å². The molecule has 1 aliphatic carbocycles. The van der Waals surface area contributed by atoms with Crippen LogP contribution in [0.25, 0.3) is 6.08 Å². The number of nitrogen functional groups attached to an aromatic ring is 1. The lowest BCUT2D eigenvalue weighted by Crippen LogP contribution is -2.36. The number of nitrogens with two attached hydrogens (primary N) is 1. The number of allylic oxidation sites excluding steroid dienone is 1. The van der Waals surface area contributed by atoms with Crippen LogP contribution < -0.4 is 10.6 Å². The molecule has 1 aromatic carbocycles. The first-order valence-corrected chi connectivity index (χ1v) is 11.3. The fourth-order valence-corrected chi connectivity index (χ4v) is 5.90. The zero-order valence-electron chi connectivity index (χ0n) is 17.3. The molecule has 0 aliphatic heterocycles. The maximum atomic E-state index is 13.5. The normalized spacial score (nSPS) is 18.5. The molecular weight excluding hydrogens is 474 g/mol. The number of carbonyl (C=O) groups excluding carboxylic acids is 1. The Hall–Kier alpha value is -2.14. The quantitative estimate of drug-likeness (QED) is 0.287. The number of carbonyl (C=O) groups is 1. The highest BCUT2D eigenvalue weighted by Crippen LogP contribution is 2.50. The van der Waals surface area contributed by atoms with Crippen LogP contribution in [0.4, 0.5) is 37.7 Å². The zero-order valence-corrected chi connectivity index (χ0v) is 19.0. The first-order valence-electron chi connectivity index (χ1n) is 9.49. The molecule has 32 heavy (non-hydrogen) atoms. The molecule has 1 aliphatic rings. The Kier molecular flexibility index (Phi) is 6.38. The van der Waals surface area contributed by atoms with Crippen LogP contribution in [0.1, 0.15) is 39.5 Å². The Bertz CT molecular complexity index is 1070. The van der Waals surface area contributed by atoms with E-state index in [0.717, 1.165) is 47.4 Å². The van der Waals surface area contributed by atoms with E-state index < -0.39 is 29.2 Å². The van der Waals surface area contributed by atoms with E-state index >= 15 is 0 Å². The number of hydrogen-bond donors (Lipinski definition) is 1. The summed E-state index contributed by atoms with van der Waals surface area (Å²) < 4.78 is 79.3. The van der Waals surface area contributed by atoms with Crippen LogP contribution in [-0.2, 0) is 12.6 Å². The lowest BCUT2D eigenvalue weighted by atomic mass is 9.80. The maximum absolute atomic E-state index is 13.5. The SMILES string of the molecule is CCSc1c(C(=O)N(C)c2ccc(C(F)(F)F)cc2N)sc2c1C=CC(C)(C(F)(F)F)C2. The standard InChI is InChI=1S/C21H20F6N2OS2/c1-4-31-16-12-7-8-19(2,21(25,26)27)10-15(12)32-17(16)18(30)29(3)14-6-5-11(9-13(14)28)20(22,23)24/h5-9H,4,10,28H2,1-3H3. The van der Waals surface area contributed by atoms with E-state index in [4.69, 9.17) is 5.73 Å². The van der Waals surface area contributed by atoms with Gasteiger partial charge in [-0.25, -0.2) is 0 Å². The lowest BCUT2D eigenvalue weighted by molar-refractivity contribution is -0.199. The Morgan fingerprint density at radius 3 is 2.44 bits per heavy atom. The van der Waals surface area contributed by atoms with Crippen molar-refractivity contribution in [3.8, 4) is 0 Å². The maximum Gasteiger partial charge on any atom is 0.416 e. The zero-order chi connectivity index (χ0) is 24.1. The highest BCUT2D eigenvalue weighted by Gasteiger charge is 2.51. The number of benzene rings is 1. The van der Waals surface area contributed by atoms with Crippen LogP contribution in [0.15, 0.2) is 29.2 Å². The molecule has 1 amide bonds. The Morgan fingerprint density at radius 1 is 1.25 bits per heavy atom. The third-order valence-corrected chi connectivity index (χ3v) is 7.60. The van der Waals surface area contributed by atoms with Gasteiger partial charge in [0.05, 0.1) is 22.4 Å². The molecule has 2 N–H and O–H groups in total. The second kappa shape index (κ2) is 8.33. The minimum absolute atomic E-state index is 0.0810. The van der Waals surface area contributed by atoms with Crippen molar-refractivity contribution in [2.45, 2.75) is 37.5 Å². The van der Waals surface area contributed by atoms with Gasteiger partial charge in [0.2, 0.25) is 0 Å². The van der Waals surface area contributed by atoms with E-state index in [2.05, 4.69) is 0 Å². The molecule has 0 radical (unpaired) electrons. The van der Waals surface area contributed by atoms with Crippen molar-refractivity contribution in [2.24, 2.45) is 5.41 Å². The van der Waals surface area contributed by atoms with Gasteiger partial charge in [-0.05, 0) is 37.3 Å². The molecule has 1 heterocycles. The molecule has 1 aromatic heterocycles. The molecule has 0 saturated heterocycles. The number of anilines is 2. The summed E-state index contributed by atoms with van der Waals surface area (Å²) in [6.07, 6.45) is -6.79. The minimum atomic E-state index is -4.58. The molecule has 3 nitrogen and oxygen atoms in total. The molecule has 3 rings (SSSR count). The first-order chi connectivity index (χ1) is 14.7. The van der Waals surface area contributed by atoms with E-state index in [9.17, 15) is 31.1 Å². The molecule has 11 heteroatoms. The van der Waals surface area contributed by atoms with Crippen molar-refractivity contribution in [3.63, 3.8) is 0 Å². The number of alkyl halides is 6.